The van der Waals surface area contributed by atoms with Gasteiger partial charge in [0.15, 0.2) is 0 Å². The molecule has 1 fully saturated rings. The number of anilines is 2. The third-order valence-corrected chi connectivity index (χ3v) is 4.72. The van der Waals surface area contributed by atoms with Gasteiger partial charge >= 0.3 is 0 Å². The highest BCUT2D eigenvalue weighted by Crippen LogP contribution is 2.34. The van der Waals surface area contributed by atoms with E-state index in [9.17, 15) is 5.11 Å². The summed E-state index contributed by atoms with van der Waals surface area (Å²) in [5.41, 5.74) is 10.3. The highest BCUT2D eigenvalue weighted by Gasteiger charge is 2.26. The Hall–Kier alpha value is -1.33. The predicted molar refractivity (Wildman–Crippen MR) is 80.7 cm³/mol. The standard InChI is InChI=1S/C14H19N3OS/c1-14(18)5-2-7-17(8-6-14)10-3-4-11-13(12(10)15)16-9-19-11/h3-4,9,18H,2,5-8,15H2,1H3. The van der Waals surface area contributed by atoms with Crippen LogP contribution < -0.4 is 10.6 Å². The number of aliphatic hydroxyl groups is 1. The van der Waals surface area contributed by atoms with Gasteiger partial charge in [-0.15, -0.1) is 11.3 Å². The van der Waals surface area contributed by atoms with Crippen LogP contribution in [-0.4, -0.2) is 28.8 Å². The normalized spacial score (nSPS) is 24.6. The van der Waals surface area contributed by atoms with Gasteiger partial charge in [0, 0.05) is 13.1 Å². The fraction of sp³-hybridized carbons (Fsp3) is 0.500. The van der Waals surface area contributed by atoms with Gasteiger partial charge in [0.1, 0.15) is 5.52 Å². The first-order valence-electron chi connectivity index (χ1n) is 6.66. The summed E-state index contributed by atoms with van der Waals surface area (Å²) in [6.45, 7) is 3.70. The second-order valence-corrected chi connectivity index (χ2v) is 6.42. The van der Waals surface area contributed by atoms with Gasteiger partial charge in [0.05, 0.1) is 27.2 Å². The van der Waals surface area contributed by atoms with E-state index in [1.165, 1.54) is 0 Å². The van der Waals surface area contributed by atoms with E-state index in [4.69, 9.17) is 5.73 Å². The zero-order valence-corrected chi connectivity index (χ0v) is 11.9. The van der Waals surface area contributed by atoms with E-state index < -0.39 is 5.60 Å². The number of aromatic nitrogens is 1. The minimum atomic E-state index is -0.547. The average Bonchev–Trinajstić information content (AvgIpc) is 2.77. The molecule has 0 bridgehead atoms. The monoisotopic (exact) mass is 277 g/mol. The SMILES string of the molecule is CC1(O)CCCN(c2ccc3scnc3c2N)CC1. The molecule has 0 spiro atoms. The summed E-state index contributed by atoms with van der Waals surface area (Å²) in [4.78, 5) is 6.62. The van der Waals surface area contributed by atoms with Crippen LogP contribution in [0, 0.1) is 0 Å². The number of benzene rings is 1. The summed E-state index contributed by atoms with van der Waals surface area (Å²) >= 11 is 1.61. The van der Waals surface area contributed by atoms with E-state index in [2.05, 4.69) is 22.0 Å². The van der Waals surface area contributed by atoms with Gasteiger partial charge in [-0.3, -0.25) is 0 Å². The third-order valence-electron chi connectivity index (χ3n) is 3.92. The van der Waals surface area contributed by atoms with Crippen molar-refractivity contribution in [3.63, 3.8) is 0 Å². The number of nitrogens with two attached hydrogens (primary N) is 1. The number of nitrogen functional groups attached to an aromatic ring is 1. The fourth-order valence-corrected chi connectivity index (χ4v) is 3.41. The first kappa shape index (κ1) is 12.7. The predicted octanol–water partition coefficient (Wildman–Crippen LogP) is 2.62. The molecule has 5 heteroatoms. The van der Waals surface area contributed by atoms with Crippen molar-refractivity contribution in [2.75, 3.05) is 23.7 Å². The van der Waals surface area contributed by atoms with Crippen molar-refractivity contribution in [1.82, 2.24) is 4.98 Å². The molecule has 1 aromatic carbocycles. The molecule has 3 rings (SSSR count). The number of hydrogen-bond donors (Lipinski definition) is 2. The molecule has 1 aromatic heterocycles. The molecule has 2 aromatic rings. The fourth-order valence-electron chi connectivity index (χ4n) is 2.72. The third kappa shape index (κ3) is 2.40. The zero-order chi connectivity index (χ0) is 13.5. The molecular formula is C14H19N3OS. The highest BCUT2D eigenvalue weighted by atomic mass is 32.1. The lowest BCUT2D eigenvalue weighted by Crippen LogP contribution is -2.28. The van der Waals surface area contributed by atoms with Crippen LogP contribution in [-0.2, 0) is 0 Å². The molecule has 4 nitrogen and oxygen atoms in total. The lowest BCUT2D eigenvalue weighted by atomic mass is 9.98. The van der Waals surface area contributed by atoms with Crippen LogP contribution in [0.2, 0.25) is 0 Å². The van der Waals surface area contributed by atoms with E-state index in [-0.39, 0.29) is 0 Å². The first-order valence-corrected chi connectivity index (χ1v) is 7.54. The minimum Gasteiger partial charge on any atom is -0.395 e. The van der Waals surface area contributed by atoms with Gasteiger partial charge in [-0.2, -0.15) is 0 Å². The van der Waals surface area contributed by atoms with Gasteiger partial charge < -0.3 is 15.7 Å². The van der Waals surface area contributed by atoms with Crippen molar-refractivity contribution in [3.05, 3.63) is 17.6 Å². The van der Waals surface area contributed by atoms with Crippen LogP contribution in [0.1, 0.15) is 26.2 Å². The molecule has 102 valence electrons. The molecule has 1 unspecified atom stereocenters. The Morgan fingerprint density at radius 2 is 2.21 bits per heavy atom. The van der Waals surface area contributed by atoms with Crippen molar-refractivity contribution < 1.29 is 5.11 Å². The van der Waals surface area contributed by atoms with Gasteiger partial charge in [0.25, 0.3) is 0 Å². The number of thiazole rings is 1. The van der Waals surface area contributed by atoms with E-state index in [1.807, 2.05) is 12.4 Å². The van der Waals surface area contributed by atoms with Crippen molar-refractivity contribution in [3.8, 4) is 0 Å². The summed E-state index contributed by atoms with van der Waals surface area (Å²) in [7, 11) is 0. The number of hydrogen-bond acceptors (Lipinski definition) is 5. The van der Waals surface area contributed by atoms with Crippen LogP contribution in [0.3, 0.4) is 0 Å². The lowest BCUT2D eigenvalue weighted by Gasteiger charge is -2.25. The van der Waals surface area contributed by atoms with E-state index in [0.29, 0.717) is 0 Å². The number of rotatable bonds is 1. The summed E-state index contributed by atoms with van der Waals surface area (Å²) in [6.07, 6.45) is 2.62. The summed E-state index contributed by atoms with van der Waals surface area (Å²) < 4.78 is 1.13. The Morgan fingerprint density at radius 3 is 3.05 bits per heavy atom. The van der Waals surface area contributed by atoms with Crippen molar-refractivity contribution in [2.45, 2.75) is 31.8 Å². The Balaban J connectivity index is 1.93. The maximum absolute atomic E-state index is 10.2. The van der Waals surface area contributed by atoms with E-state index in [1.54, 1.807) is 11.3 Å². The molecule has 0 radical (unpaired) electrons. The maximum atomic E-state index is 10.2. The quantitative estimate of drug-likeness (QED) is 0.787. The molecule has 1 saturated heterocycles. The number of fused-ring (bicyclic) bond motifs is 1. The molecule has 1 atom stereocenters. The lowest BCUT2D eigenvalue weighted by molar-refractivity contribution is 0.0481. The van der Waals surface area contributed by atoms with Gasteiger partial charge in [-0.05, 0) is 38.3 Å². The van der Waals surface area contributed by atoms with Gasteiger partial charge in [-0.1, -0.05) is 0 Å². The molecule has 3 N–H and O–H groups in total. The highest BCUT2D eigenvalue weighted by molar-refractivity contribution is 7.16. The molecule has 2 heterocycles. The Labute approximate surface area is 116 Å². The van der Waals surface area contributed by atoms with Crippen molar-refractivity contribution in [2.24, 2.45) is 0 Å². The summed E-state index contributed by atoms with van der Waals surface area (Å²) in [5, 5.41) is 10.2. The Kier molecular flexibility index (Phi) is 3.11. The Morgan fingerprint density at radius 1 is 1.37 bits per heavy atom. The second-order valence-electron chi connectivity index (χ2n) is 5.54. The molecule has 0 saturated carbocycles. The molecular weight excluding hydrogens is 258 g/mol. The molecule has 0 amide bonds. The Bertz CT molecular complexity index is 593. The van der Waals surface area contributed by atoms with Gasteiger partial charge in [0.2, 0.25) is 0 Å². The zero-order valence-electron chi connectivity index (χ0n) is 11.1. The maximum Gasteiger partial charge on any atom is 0.106 e. The van der Waals surface area contributed by atoms with Crippen LogP contribution in [0.25, 0.3) is 10.2 Å². The minimum absolute atomic E-state index is 0.547. The largest absolute Gasteiger partial charge is 0.395 e. The summed E-state index contributed by atoms with van der Waals surface area (Å²) in [6, 6.07) is 4.16. The topological polar surface area (TPSA) is 62.4 Å². The molecule has 19 heavy (non-hydrogen) atoms. The number of nitrogens with zero attached hydrogens (tertiary/aromatic N) is 2. The second kappa shape index (κ2) is 4.65. The summed E-state index contributed by atoms with van der Waals surface area (Å²) in [5.74, 6) is 0. The van der Waals surface area contributed by atoms with Crippen LogP contribution in [0.5, 0.6) is 0 Å². The smallest absolute Gasteiger partial charge is 0.106 e. The van der Waals surface area contributed by atoms with Crippen LogP contribution in [0.15, 0.2) is 17.6 Å². The van der Waals surface area contributed by atoms with Crippen LogP contribution in [0.4, 0.5) is 11.4 Å². The molecule has 1 aliphatic heterocycles. The van der Waals surface area contributed by atoms with Gasteiger partial charge in [-0.25, -0.2) is 4.98 Å². The first-order chi connectivity index (χ1) is 9.07. The van der Waals surface area contributed by atoms with E-state index in [0.717, 1.165) is 53.9 Å². The van der Waals surface area contributed by atoms with Crippen LogP contribution >= 0.6 is 11.3 Å². The van der Waals surface area contributed by atoms with Crippen molar-refractivity contribution >= 4 is 32.9 Å². The molecule has 0 aliphatic carbocycles. The average molecular weight is 277 g/mol. The molecule has 1 aliphatic rings. The van der Waals surface area contributed by atoms with Crippen molar-refractivity contribution in [1.29, 1.82) is 0 Å². The van der Waals surface area contributed by atoms with E-state index >= 15 is 0 Å².